The van der Waals surface area contributed by atoms with Crippen LogP contribution in [0.3, 0.4) is 0 Å². The molecule has 0 aliphatic rings. The summed E-state index contributed by atoms with van der Waals surface area (Å²) in [5.41, 5.74) is 1.14. The Labute approximate surface area is 95.2 Å². The molecule has 1 atom stereocenters. The number of nitrogens with zero attached hydrogens (tertiary/aromatic N) is 2. The van der Waals surface area contributed by atoms with Gasteiger partial charge in [-0.1, -0.05) is 0 Å². The molecule has 0 bridgehead atoms. The zero-order valence-corrected chi connectivity index (χ0v) is 9.90. The standard InChI is InChI=1S/C12H17N3O/c1-9(13-2)8-15-5-4-10-6-12(16-3)14-7-11(10)15/h4-7,9,13H,8H2,1-3H3/t9-/m1/s1. The van der Waals surface area contributed by atoms with Crippen molar-refractivity contribution in [3.63, 3.8) is 0 Å². The van der Waals surface area contributed by atoms with Gasteiger partial charge in [0.15, 0.2) is 0 Å². The lowest BCUT2D eigenvalue weighted by molar-refractivity contribution is 0.398. The quantitative estimate of drug-likeness (QED) is 0.850. The summed E-state index contributed by atoms with van der Waals surface area (Å²) >= 11 is 0. The van der Waals surface area contributed by atoms with Crippen LogP contribution in [0, 0.1) is 0 Å². The van der Waals surface area contributed by atoms with E-state index in [0.717, 1.165) is 17.4 Å². The number of methoxy groups -OCH3 is 1. The molecule has 0 aliphatic carbocycles. The van der Waals surface area contributed by atoms with E-state index in [9.17, 15) is 0 Å². The minimum absolute atomic E-state index is 0.442. The first-order valence-corrected chi connectivity index (χ1v) is 5.40. The predicted molar refractivity (Wildman–Crippen MR) is 64.8 cm³/mol. The second-order valence-corrected chi connectivity index (χ2v) is 3.94. The van der Waals surface area contributed by atoms with Crippen molar-refractivity contribution >= 4 is 10.9 Å². The van der Waals surface area contributed by atoms with Gasteiger partial charge in [0.2, 0.25) is 5.88 Å². The number of aromatic nitrogens is 2. The summed E-state index contributed by atoms with van der Waals surface area (Å²) in [4.78, 5) is 4.23. The summed E-state index contributed by atoms with van der Waals surface area (Å²) in [6, 6.07) is 4.48. The molecule has 0 aromatic carbocycles. The average molecular weight is 219 g/mol. The fourth-order valence-corrected chi connectivity index (χ4v) is 1.72. The van der Waals surface area contributed by atoms with Gasteiger partial charge in [0, 0.05) is 30.2 Å². The molecule has 2 rings (SSSR count). The van der Waals surface area contributed by atoms with Crippen LogP contribution in [0.25, 0.3) is 10.9 Å². The Bertz CT molecular complexity index is 478. The van der Waals surface area contributed by atoms with E-state index in [1.54, 1.807) is 7.11 Å². The molecule has 0 fully saturated rings. The van der Waals surface area contributed by atoms with Crippen LogP contribution in [0.4, 0.5) is 0 Å². The highest BCUT2D eigenvalue weighted by Crippen LogP contribution is 2.19. The van der Waals surface area contributed by atoms with Gasteiger partial charge in [-0.25, -0.2) is 4.98 Å². The van der Waals surface area contributed by atoms with E-state index in [1.165, 1.54) is 0 Å². The predicted octanol–water partition coefficient (Wildman–Crippen LogP) is 1.65. The molecule has 0 spiro atoms. The zero-order valence-electron chi connectivity index (χ0n) is 9.90. The van der Waals surface area contributed by atoms with Gasteiger partial charge in [-0.15, -0.1) is 0 Å². The van der Waals surface area contributed by atoms with E-state index in [-0.39, 0.29) is 0 Å². The molecule has 2 aromatic heterocycles. The summed E-state index contributed by atoms with van der Waals surface area (Å²) in [7, 11) is 3.60. The number of nitrogens with one attached hydrogen (secondary N) is 1. The SMILES string of the molecule is CN[C@H](C)Cn1ccc2cc(OC)ncc21. The first kappa shape index (κ1) is 11.0. The maximum absolute atomic E-state index is 5.10. The van der Waals surface area contributed by atoms with Gasteiger partial charge in [0.05, 0.1) is 18.8 Å². The molecule has 0 saturated heterocycles. The van der Waals surface area contributed by atoms with Crippen molar-refractivity contribution in [2.75, 3.05) is 14.2 Å². The molecular formula is C12H17N3O. The Morgan fingerprint density at radius 3 is 3.06 bits per heavy atom. The summed E-state index contributed by atoms with van der Waals surface area (Å²) < 4.78 is 7.30. The third-order valence-electron chi connectivity index (χ3n) is 2.80. The first-order valence-electron chi connectivity index (χ1n) is 5.40. The largest absolute Gasteiger partial charge is 0.481 e. The molecule has 0 unspecified atom stereocenters. The lowest BCUT2D eigenvalue weighted by atomic mass is 10.3. The molecule has 0 amide bonds. The molecule has 2 heterocycles. The van der Waals surface area contributed by atoms with Crippen molar-refractivity contribution < 1.29 is 4.74 Å². The van der Waals surface area contributed by atoms with Gasteiger partial charge in [-0.05, 0) is 20.0 Å². The molecule has 86 valence electrons. The number of hydrogen-bond acceptors (Lipinski definition) is 3. The van der Waals surface area contributed by atoms with E-state index in [4.69, 9.17) is 4.74 Å². The third-order valence-corrected chi connectivity index (χ3v) is 2.80. The highest BCUT2D eigenvalue weighted by Gasteiger charge is 2.05. The fourth-order valence-electron chi connectivity index (χ4n) is 1.72. The van der Waals surface area contributed by atoms with Crippen molar-refractivity contribution in [1.29, 1.82) is 0 Å². The van der Waals surface area contributed by atoms with Gasteiger partial charge in [0.25, 0.3) is 0 Å². The average Bonchev–Trinajstić information content (AvgIpc) is 2.71. The van der Waals surface area contributed by atoms with Crippen molar-refractivity contribution in [1.82, 2.24) is 14.9 Å². The van der Waals surface area contributed by atoms with Crippen molar-refractivity contribution in [3.8, 4) is 5.88 Å². The number of hydrogen-bond donors (Lipinski definition) is 1. The van der Waals surface area contributed by atoms with Gasteiger partial charge >= 0.3 is 0 Å². The van der Waals surface area contributed by atoms with E-state index >= 15 is 0 Å². The molecule has 1 N–H and O–H groups in total. The van der Waals surface area contributed by atoms with Gasteiger partial charge < -0.3 is 14.6 Å². The Morgan fingerprint density at radius 2 is 2.38 bits per heavy atom. The Kier molecular flexibility index (Phi) is 3.10. The van der Waals surface area contributed by atoms with Crippen molar-refractivity contribution in [2.24, 2.45) is 0 Å². The molecule has 0 radical (unpaired) electrons. The second kappa shape index (κ2) is 4.53. The first-order chi connectivity index (χ1) is 7.74. The van der Waals surface area contributed by atoms with E-state index < -0.39 is 0 Å². The summed E-state index contributed by atoms with van der Waals surface area (Å²) in [6.07, 6.45) is 3.94. The Balaban J connectivity index is 2.34. The highest BCUT2D eigenvalue weighted by molar-refractivity contribution is 5.80. The van der Waals surface area contributed by atoms with Crippen LogP contribution >= 0.6 is 0 Å². The van der Waals surface area contributed by atoms with Crippen molar-refractivity contribution in [2.45, 2.75) is 19.5 Å². The summed E-state index contributed by atoms with van der Waals surface area (Å²) in [6.45, 7) is 3.09. The van der Waals surface area contributed by atoms with Gasteiger partial charge in [-0.2, -0.15) is 0 Å². The molecule has 16 heavy (non-hydrogen) atoms. The van der Waals surface area contributed by atoms with E-state index in [1.807, 2.05) is 19.3 Å². The second-order valence-electron chi connectivity index (χ2n) is 3.94. The number of rotatable bonds is 4. The minimum Gasteiger partial charge on any atom is -0.481 e. The highest BCUT2D eigenvalue weighted by atomic mass is 16.5. The van der Waals surface area contributed by atoms with Crippen LogP contribution in [0.15, 0.2) is 24.5 Å². The molecule has 0 aliphatic heterocycles. The Hall–Kier alpha value is -1.55. The van der Waals surface area contributed by atoms with Crippen LogP contribution in [-0.4, -0.2) is 29.8 Å². The van der Waals surface area contributed by atoms with Crippen LogP contribution < -0.4 is 10.1 Å². The molecule has 2 aromatic rings. The smallest absolute Gasteiger partial charge is 0.213 e. The zero-order chi connectivity index (χ0) is 11.5. The topological polar surface area (TPSA) is 39.1 Å². The van der Waals surface area contributed by atoms with E-state index in [0.29, 0.717) is 11.9 Å². The number of ether oxygens (including phenoxy) is 1. The van der Waals surface area contributed by atoms with Gasteiger partial charge in [-0.3, -0.25) is 0 Å². The lowest BCUT2D eigenvalue weighted by Gasteiger charge is -2.12. The molecule has 4 heteroatoms. The van der Waals surface area contributed by atoms with Crippen LogP contribution in [0.2, 0.25) is 0 Å². The maximum atomic E-state index is 5.10. The van der Waals surface area contributed by atoms with Crippen LogP contribution in [-0.2, 0) is 6.54 Å². The summed E-state index contributed by atoms with van der Waals surface area (Å²) in [5.74, 6) is 0.659. The normalized spacial score (nSPS) is 12.9. The van der Waals surface area contributed by atoms with Crippen LogP contribution in [0.1, 0.15) is 6.92 Å². The maximum Gasteiger partial charge on any atom is 0.213 e. The third kappa shape index (κ3) is 2.02. The lowest BCUT2D eigenvalue weighted by Crippen LogP contribution is -2.26. The molecular weight excluding hydrogens is 202 g/mol. The number of pyridine rings is 1. The molecule has 4 nitrogen and oxygen atoms in total. The summed E-state index contributed by atoms with van der Waals surface area (Å²) in [5, 5.41) is 4.39. The monoisotopic (exact) mass is 219 g/mol. The van der Waals surface area contributed by atoms with Crippen LogP contribution in [0.5, 0.6) is 5.88 Å². The van der Waals surface area contributed by atoms with E-state index in [2.05, 4.69) is 34.1 Å². The number of likely N-dealkylation sites (N-methyl/N-ethyl adjacent to an activating group) is 1. The van der Waals surface area contributed by atoms with Crippen molar-refractivity contribution in [3.05, 3.63) is 24.5 Å². The fraction of sp³-hybridized carbons (Fsp3) is 0.417. The minimum atomic E-state index is 0.442. The molecule has 0 saturated carbocycles. The Morgan fingerprint density at radius 1 is 1.56 bits per heavy atom. The van der Waals surface area contributed by atoms with Gasteiger partial charge in [0.1, 0.15) is 0 Å². The number of fused-ring (bicyclic) bond motifs is 1.